The molecule has 0 bridgehead atoms. The third-order valence-corrected chi connectivity index (χ3v) is 7.37. The Morgan fingerprint density at radius 1 is 1.08 bits per heavy atom. The minimum atomic E-state index is -1.26. The molecule has 14 heteroatoms. The molecule has 2 atom stereocenters. The summed E-state index contributed by atoms with van der Waals surface area (Å²) >= 11 is 0. The van der Waals surface area contributed by atoms with E-state index in [-0.39, 0.29) is 24.2 Å². The maximum atomic E-state index is 12.4. The average molecular weight is 539 g/mol. The van der Waals surface area contributed by atoms with Crippen molar-refractivity contribution in [2.45, 2.75) is 78.0 Å². The van der Waals surface area contributed by atoms with E-state index in [0.29, 0.717) is 62.2 Å². The van der Waals surface area contributed by atoms with Crippen LogP contribution in [0.2, 0.25) is 0 Å². The molecule has 206 valence electrons. The van der Waals surface area contributed by atoms with E-state index in [9.17, 15) is 9.59 Å². The van der Waals surface area contributed by atoms with Gasteiger partial charge < -0.3 is 29.8 Å². The van der Waals surface area contributed by atoms with Crippen LogP contribution in [0.25, 0.3) is 11.2 Å². The van der Waals surface area contributed by atoms with Crippen molar-refractivity contribution in [3.8, 4) is 0 Å². The van der Waals surface area contributed by atoms with E-state index in [1.807, 2.05) is 18.4 Å². The molecule has 1 fully saturated rings. The van der Waals surface area contributed by atoms with Crippen LogP contribution in [0, 0.1) is 0 Å². The van der Waals surface area contributed by atoms with Crippen molar-refractivity contribution >= 4 is 43.1 Å². The maximum absolute atomic E-state index is 12.4. The first-order valence-corrected chi connectivity index (χ1v) is 14.4. The molecule has 2 aromatic rings. The molecular weight excluding hydrogens is 499 g/mol. The first-order chi connectivity index (χ1) is 17.9. The average Bonchev–Trinajstić information content (AvgIpc) is 3.60. The molecule has 2 heterocycles. The van der Waals surface area contributed by atoms with Crippen LogP contribution in [0.4, 0.5) is 11.8 Å². The van der Waals surface area contributed by atoms with Crippen molar-refractivity contribution in [2.75, 3.05) is 37.2 Å². The molecule has 2 aromatic heterocycles. The van der Waals surface area contributed by atoms with Crippen molar-refractivity contribution in [1.29, 1.82) is 0 Å². The minimum Gasteiger partial charge on any atom is -0.465 e. The number of imidazole rings is 1. The Bertz CT molecular complexity index is 1010. The molecule has 0 radical (unpaired) electrons. The van der Waals surface area contributed by atoms with E-state index >= 15 is 0 Å². The molecule has 13 nitrogen and oxygen atoms in total. The predicted octanol–water partition coefficient (Wildman–Crippen LogP) is 2.13. The summed E-state index contributed by atoms with van der Waals surface area (Å²) < 4.78 is 18.2. The number of carbonyl (C=O) groups is 2. The highest BCUT2D eigenvalue weighted by Gasteiger charge is 2.27. The summed E-state index contributed by atoms with van der Waals surface area (Å²) in [6.45, 7) is 8.77. The van der Waals surface area contributed by atoms with E-state index < -0.39 is 20.3 Å². The van der Waals surface area contributed by atoms with Gasteiger partial charge in [0, 0.05) is 12.6 Å². The van der Waals surface area contributed by atoms with E-state index in [4.69, 9.17) is 19.9 Å². The largest absolute Gasteiger partial charge is 0.465 e. The van der Waals surface area contributed by atoms with Crippen molar-refractivity contribution in [3.05, 3.63) is 6.33 Å². The zero-order valence-corrected chi connectivity index (χ0v) is 22.9. The molecule has 1 aliphatic rings. The molecule has 0 unspecified atom stereocenters. The highest BCUT2D eigenvalue weighted by Crippen LogP contribution is 2.30. The van der Waals surface area contributed by atoms with E-state index in [2.05, 4.69) is 30.4 Å². The minimum absolute atomic E-state index is 0.185. The summed E-state index contributed by atoms with van der Waals surface area (Å²) in [7, 11) is -1.26. The molecule has 0 aromatic carbocycles. The molecule has 1 aliphatic carbocycles. The van der Waals surface area contributed by atoms with Crippen LogP contribution in [-0.4, -0.2) is 75.8 Å². The molecule has 37 heavy (non-hydrogen) atoms. The fourth-order valence-corrected chi connectivity index (χ4v) is 5.42. The topological polar surface area (TPSA) is 168 Å². The van der Waals surface area contributed by atoms with E-state index in [1.54, 1.807) is 20.2 Å². The number of hydrogen-bond acceptors (Lipinski definition) is 12. The number of fused-ring (bicyclic) bond motifs is 1. The lowest BCUT2D eigenvalue weighted by Crippen LogP contribution is -2.42. The first kappa shape index (κ1) is 29.0. The third kappa shape index (κ3) is 8.46. The zero-order valence-electron chi connectivity index (χ0n) is 22.0. The van der Waals surface area contributed by atoms with Crippen LogP contribution in [-0.2, 0) is 30.3 Å². The number of nitrogens with zero attached hydrogens (tertiary/aromatic N) is 4. The second kappa shape index (κ2) is 14.4. The van der Waals surface area contributed by atoms with Gasteiger partial charge in [0.25, 0.3) is 0 Å². The quantitative estimate of drug-likeness (QED) is 0.132. The Balaban J connectivity index is 1.63. The van der Waals surface area contributed by atoms with Crippen molar-refractivity contribution in [3.63, 3.8) is 0 Å². The number of ether oxygens (including phenoxy) is 3. The summed E-state index contributed by atoms with van der Waals surface area (Å²) in [4.78, 5) is 37.9. The van der Waals surface area contributed by atoms with Gasteiger partial charge >= 0.3 is 11.9 Å². The number of nitrogens with two attached hydrogens (primary N) is 1. The van der Waals surface area contributed by atoms with Crippen molar-refractivity contribution in [2.24, 2.45) is 0 Å². The third-order valence-electron chi connectivity index (χ3n) is 5.68. The van der Waals surface area contributed by atoms with Crippen LogP contribution in [0.15, 0.2) is 6.33 Å². The van der Waals surface area contributed by atoms with Gasteiger partial charge in [-0.2, -0.15) is 9.97 Å². The lowest BCUT2D eigenvalue weighted by Gasteiger charge is -2.27. The normalized spacial score (nSPS) is 15.1. The molecule has 0 saturated heterocycles. The summed E-state index contributed by atoms with van der Waals surface area (Å²) in [5, 5.41) is 9.94. The summed E-state index contributed by atoms with van der Waals surface area (Å²) in [6.07, 6.45) is 5.24. The number of nitrogen functional groups attached to an aromatic ring is 1. The van der Waals surface area contributed by atoms with Gasteiger partial charge in [-0.05, 0) is 39.5 Å². The number of anilines is 2. The second-order valence-corrected chi connectivity index (χ2v) is 10.2. The number of hydrogen-bond donors (Lipinski definition) is 4. The number of aromatic nitrogens is 4. The molecule has 0 aliphatic heterocycles. The number of nitrogens with one attached hydrogen (secondary N) is 3. The van der Waals surface area contributed by atoms with Crippen LogP contribution in [0.1, 0.15) is 53.4 Å². The first-order valence-electron chi connectivity index (χ1n) is 12.9. The Hall–Kier alpha value is -2.60. The summed E-state index contributed by atoms with van der Waals surface area (Å²) in [6, 6.07) is -0.624. The zero-order chi connectivity index (χ0) is 26.8. The van der Waals surface area contributed by atoms with Crippen LogP contribution in [0.3, 0.4) is 0 Å². The highest BCUT2D eigenvalue weighted by atomic mass is 31.1. The van der Waals surface area contributed by atoms with Gasteiger partial charge in [0.05, 0.1) is 40.7 Å². The van der Waals surface area contributed by atoms with Gasteiger partial charge in [-0.15, -0.1) is 0 Å². The van der Waals surface area contributed by atoms with Gasteiger partial charge in [-0.25, -0.2) is 4.98 Å². The molecule has 0 amide bonds. The molecule has 1 saturated carbocycles. The molecule has 3 rings (SSSR count). The molecular formula is C23H39N8O5P. The Labute approximate surface area is 218 Å². The summed E-state index contributed by atoms with van der Waals surface area (Å²) in [5.41, 5.74) is 7.24. The van der Waals surface area contributed by atoms with Gasteiger partial charge in [0.15, 0.2) is 17.0 Å². The van der Waals surface area contributed by atoms with Gasteiger partial charge in [0.1, 0.15) is 12.1 Å². The van der Waals surface area contributed by atoms with Gasteiger partial charge in [-0.1, -0.05) is 13.8 Å². The smallest absolute Gasteiger partial charge is 0.323 e. The number of carbonyl (C=O) groups excluding carboxylic acids is 2. The summed E-state index contributed by atoms with van der Waals surface area (Å²) in [5.74, 6) is 0.169. The fraction of sp³-hybridized carbons (Fsp3) is 0.696. The second-order valence-electron chi connectivity index (χ2n) is 8.61. The van der Waals surface area contributed by atoms with Gasteiger partial charge in [-0.3, -0.25) is 19.8 Å². The lowest BCUT2D eigenvalue weighted by atomic mass is 10.2. The van der Waals surface area contributed by atoms with E-state index in [1.165, 1.54) is 0 Å². The predicted molar refractivity (Wildman–Crippen MR) is 142 cm³/mol. The number of esters is 2. The Morgan fingerprint density at radius 3 is 2.24 bits per heavy atom. The monoisotopic (exact) mass is 538 g/mol. The standard InChI is InChI=1S/C23H39N8O5P/c1-5-16(21(32)35-7-3)29-37(30-17(6-2)22(33)36-8-4)14-34-12-11-31-13-25-18-19(26-15-9-10-15)27-23(24)28-20(18)31/h13,15-17,29-30H,5-12,14H2,1-4H3,(H3,24,26,27,28)/t16-,17-/m0/s1. The lowest BCUT2D eigenvalue weighted by molar-refractivity contribution is -0.145. The fourth-order valence-electron chi connectivity index (χ4n) is 3.56. The molecule has 5 N–H and O–H groups in total. The van der Waals surface area contributed by atoms with Crippen LogP contribution >= 0.6 is 8.22 Å². The van der Waals surface area contributed by atoms with Gasteiger partial charge in [0.2, 0.25) is 5.95 Å². The van der Waals surface area contributed by atoms with Crippen molar-refractivity contribution < 1.29 is 23.8 Å². The molecule has 0 spiro atoms. The number of rotatable bonds is 17. The maximum Gasteiger partial charge on any atom is 0.323 e. The van der Waals surface area contributed by atoms with E-state index in [0.717, 1.165) is 12.8 Å². The van der Waals surface area contributed by atoms with Crippen LogP contribution in [0.5, 0.6) is 0 Å². The Morgan fingerprint density at radius 2 is 1.70 bits per heavy atom. The highest BCUT2D eigenvalue weighted by molar-refractivity contribution is 7.53. The van der Waals surface area contributed by atoms with Crippen LogP contribution < -0.4 is 21.2 Å². The Kier molecular flexibility index (Phi) is 11.2. The SMILES string of the molecule is CCOC(=O)[C@H](CC)NP(COCCn1cnc2c(NC3CC3)nc(N)nc21)N[C@@H](CC)C(=O)OCC. The van der Waals surface area contributed by atoms with Crippen molar-refractivity contribution in [1.82, 2.24) is 29.7 Å².